The normalized spacial score (nSPS) is 33.2. The molecule has 1 aromatic carbocycles. The lowest BCUT2D eigenvalue weighted by atomic mass is 9.75. The number of likely N-dealkylation sites (N-methyl/N-ethyl adjacent to an activating group) is 1. The van der Waals surface area contributed by atoms with Crippen molar-refractivity contribution in [3.05, 3.63) is 35.9 Å². The summed E-state index contributed by atoms with van der Waals surface area (Å²) in [5.41, 5.74) is 1.92. The highest BCUT2D eigenvalue weighted by Crippen LogP contribution is 2.44. The van der Waals surface area contributed by atoms with Gasteiger partial charge in [-0.15, -0.1) is 0 Å². The van der Waals surface area contributed by atoms with Crippen LogP contribution in [0.4, 0.5) is 0 Å². The van der Waals surface area contributed by atoms with Crippen LogP contribution < -0.4 is 0 Å². The predicted molar refractivity (Wildman–Crippen MR) is 75.8 cm³/mol. The highest BCUT2D eigenvalue weighted by molar-refractivity contribution is 5.32. The minimum Gasteiger partial charge on any atom is -0.305 e. The summed E-state index contributed by atoms with van der Waals surface area (Å²) in [6, 6.07) is 11.8. The van der Waals surface area contributed by atoms with Crippen LogP contribution in [0.25, 0.3) is 0 Å². The molecule has 2 aliphatic rings. The largest absolute Gasteiger partial charge is 0.305 e. The molecule has 2 heteroatoms. The Balaban J connectivity index is 1.96. The molecule has 0 aliphatic carbocycles. The molecule has 2 atom stereocenters. The smallest absolute Gasteiger partial charge is 0.0260 e. The Morgan fingerprint density at radius 1 is 1.11 bits per heavy atom. The molecule has 3 rings (SSSR count). The first-order chi connectivity index (χ1) is 8.62. The van der Waals surface area contributed by atoms with Gasteiger partial charge in [-0.2, -0.15) is 0 Å². The summed E-state index contributed by atoms with van der Waals surface area (Å²) in [6.07, 6.45) is 0. The minimum absolute atomic E-state index is 0.375. The van der Waals surface area contributed by atoms with Crippen molar-refractivity contribution < 1.29 is 0 Å². The Bertz CT molecular complexity index is 414. The lowest BCUT2D eigenvalue weighted by Crippen LogP contribution is -2.39. The van der Waals surface area contributed by atoms with E-state index in [1.165, 1.54) is 26.2 Å². The summed E-state index contributed by atoms with van der Waals surface area (Å²) in [4.78, 5) is 5.17. The zero-order chi connectivity index (χ0) is 12.8. The Hall–Kier alpha value is -0.860. The third kappa shape index (κ3) is 1.79. The van der Waals surface area contributed by atoms with Crippen molar-refractivity contribution in [1.29, 1.82) is 0 Å². The zero-order valence-electron chi connectivity index (χ0n) is 11.8. The third-order valence-electron chi connectivity index (χ3n) is 4.88. The van der Waals surface area contributed by atoms with E-state index in [0.29, 0.717) is 11.5 Å². The van der Waals surface area contributed by atoms with Crippen LogP contribution in [-0.2, 0) is 5.41 Å². The maximum atomic E-state index is 2.66. The SMILES string of the molecule is CC(C)N1C[C@@H]2CN(C)C[C@]2(c2ccccc2)C1. The van der Waals surface area contributed by atoms with Gasteiger partial charge in [-0.3, -0.25) is 4.90 Å². The number of nitrogens with zero attached hydrogens (tertiary/aromatic N) is 2. The Morgan fingerprint density at radius 2 is 1.83 bits per heavy atom. The molecule has 0 amide bonds. The summed E-state index contributed by atoms with van der Waals surface area (Å²) in [6.45, 7) is 9.59. The number of fused-ring (bicyclic) bond motifs is 1. The van der Waals surface area contributed by atoms with E-state index in [1.807, 2.05) is 0 Å². The first-order valence-corrected chi connectivity index (χ1v) is 7.10. The topological polar surface area (TPSA) is 6.48 Å². The number of hydrogen-bond acceptors (Lipinski definition) is 2. The summed E-state index contributed by atoms with van der Waals surface area (Å²) in [5.74, 6) is 0.798. The molecule has 0 unspecified atom stereocenters. The van der Waals surface area contributed by atoms with E-state index in [0.717, 1.165) is 5.92 Å². The van der Waals surface area contributed by atoms with E-state index < -0.39 is 0 Å². The fourth-order valence-corrected chi connectivity index (χ4v) is 3.93. The van der Waals surface area contributed by atoms with Gasteiger partial charge in [-0.05, 0) is 32.4 Å². The lowest BCUT2D eigenvalue weighted by molar-refractivity contribution is 0.228. The van der Waals surface area contributed by atoms with Gasteiger partial charge in [0.05, 0.1) is 0 Å². The first-order valence-electron chi connectivity index (χ1n) is 7.10. The van der Waals surface area contributed by atoms with E-state index in [4.69, 9.17) is 0 Å². The highest BCUT2D eigenvalue weighted by Gasteiger charge is 2.52. The number of hydrogen-bond donors (Lipinski definition) is 0. The van der Waals surface area contributed by atoms with Crippen molar-refractivity contribution in [2.45, 2.75) is 25.3 Å². The molecule has 0 N–H and O–H groups in total. The highest BCUT2D eigenvalue weighted by atomic mass is 15.3. The number of rotatable bonds is 2. The van der Waals surface area contributed by atoms with Crippen molar-refractivity contribution in [3.8, 4) is 0 Å². The Labute approximate surface area is 111 Å². The molecule has 0 spiro atoms. The van der Waals surface area contributed by atoms with Crippen LogP contribution >= 0.6 is 0 Å². The van der Waals surface area contributed by atoms with E-state index in [-0.39, 0.29) is 0 Å². The van der Waals surface area contributed by atoms with Crippen molar-refractivity contribution >= 4 is 0 Å². The fourth-order valence-electron chi connectivity index (χ4n) is 3.93. The van der Waals surface area contributed by atoms with Crippen molar-refractivity contribution in [2.24, 2.45) is 5.92 Å². The molecular weight excluding hydrogens is 220 g/mol. The summed E-state index contributed by atoms with van der Waals surface area (Å²) in [7, 11) is 2.27. The molecule has 0 radical (unpaired) electrons. The van der Waals surface area contributed by atoms with E-state index in [1.54, 1.807) is 5.56 Å². The van der Waals surface area contributed by atoms with Gasteiger partial charge in [-0.25, -0.2) is 0 Å². The maximum absolute atomic E-state index is 2.66. The van der Waals surface area contributed by atoms with Gasteiger partial charge in [-0.1, -0.05) is 30.3 Å². The van der Waals surface area contributed by atoms with Crippen LogP contribution in [0.3, 0.4) is 0 Å². The van der Waals surface area contributed by atoms with Gasteiger partial charge in [0.15, 0.2) is 0 Å². The second-order valence-electron chi connectivity index (χ2n) is 6.44. The molecule has 2 heterocycles. The second-order valence-corrected chi connectivity index (χ2v) is 6.44. The molecule has 18 heavy (non-hydrogen) atoms. The fraction of sp³-hybridized carbons (Fsp3) is 0.625. The molecular formula is C16H24N2. The quantitative estimate of drug-likeness (QED) is 0.787. The van der Waals surface area contributed by atoms with Crippen molar-refractivity contribution in [3.63, 3.8) is 0 Å². The number of benzene rings is 1. The van der Waals surface area contributed by atoms with Crippen LogP contribution in [0.15, 0.2) is 30.3 Å². The molecule has 2 aliphatic heterocycles. The average Bonchev–Trinajstić information content (AvgIpc) is 2.84. The number of likely N-dealkylation sites (tertiary alicyclic amines) is 2. The van der Waals surface area contributed by atoms with Crippen LogP contribution in [0, 0.1) is 5.92 Å². The van der Waals surface area contributed by atoms with E-state index >= 15 is 0 Å². The molecule has 2 nitrogen and oxygen atoms in total. The zero-order valence-corrected chi connectivity index (χ0v) is 11.8. The Kier molecular flexibility index (Phi) is 2.95. The molecule has 1 aromatic rings. The van der Waals surface area contributed by atoms with E-state index in [2.05, 4.69) is 61.0 Å². The van der Waals surface area contributed by atoms with E-state index in [9.17, 15) is 0 Å². The Morgan fingerprint density at radius 3 is 2.50 bits per heavy atom. The molecule has 0 bridgehead atoms. The lowest BCUT2D eigenvalue weighted by Gasteiger charge is -2.30. The predicted octanol–water partition coefficient (Wildman–Crippen LogP) is 2.21. The van der Waals surface area contributed by atoms with Crippen LogP contribution in [-0.4, -0.2) is 49.1 Å². The standard InChI is InChI=1S/C16H24N2/c1-13(2)18-10-15-9-17(3)11-16(15,12-18)14-7-5-4-6-8-14/h4-8,13,15H,9-12H2,1-3H3/t15-,16+/m0/s1. The average molecular weight is 244 g/mol. The van der Waals surface area contributed by atoms with Crippen LogP contribution in [0.1, 0.15) is 19.4 Å². The van der Waals surface area contributed by atoms with Gasteiger partial charge in [0, 0.05) is 37.6 Å². The molecule has 0 aromatic heterocycles. The van der Waals surface area contributed by atoms with Crippen molar-refractivity contribution in [1.82, 2.24) is 9.80 Å². The van der Waals surface area contributed by atoms with Gasteiger partial charge in [0.25, 0.3) is 0 Å². The van der Waals surface area contributed by atoms with Crippen LogP contribution in [0.5, 0.6) is 0 Å². The van der Waals surface area contributed by atoms with Gasteiger partial charge >= 0.3 is 0 Å². The third-order valence-corrected chi connectivity index (χ3v) is 4.88. The monoisotopic (exact) mass is 244 g/mol. The van der Waals surface area contributed by atoms with Crippen molar-refractivity contribution in [2.75, 3.05) is 33.2 Å². The van der Waals surface area contributed by atoms with Crippen LogP contribution in [0.2, 0.25) is 0 Å². The molecule has 2 saturated heterocycles. The second kappa shape index (κ2) is 4.36. The molecule has 98 valence electrons. The van der Waals surface area contributed by atoms with Gasteiger partial charge in [0.2, 0.25) is 0 Å². The maximum Gasteiger partial charge on any atom is 0.0260 e. The summed E-state index contributed by atoms with van der Waals surface area (Å²) >= 11 is 0. The van der Waals surface area contributed by atoms with Gasteiger partial charge in [0.1, 0.15) is 0 Å². The molecule has 2 fully saturated rings. The van der Waals surface area contributed by atoms with Gasteiger partial charge < -0.3 is 4.90 Å². The minimum atomic E-state index is 0.375. The first kappa shape index (κ1) is 12.2. The molecule has 0 saturated carbocycles. The summed E-state index contributed by atoms with van der Waals surface area (Å²) in [5, 5.41) is 0. The summed E-state index contributed by atoms with van der Waals surface area (Å²) < 4.78 is 0.